The number of benzene rings is 1. The number of aromatic nitrogens is 1. The summed E-state index contributed by atoms with van der Waals surface area (Å²) in [5.41, 5.74) is 0.954. The second-order valence-electron chi connectivity index (χ2n) is 6.83. The molecule has 2 amide bonds. The number of carbonyl (C=O) groups excluding carboxylic acids is 1. The van der Waals surface area contributed by atoms with Gasteiger partial charge in [-0.2, -0.15) is 22.5 Å². The van der Waals surface area contributed by atoms with Crippen LogP contribution in [0.4, 0.5) is 33.7 Å². The monoisotopic (exact) mass is 396 g/mol. The first-order valence-electron chi connectivity index (χ1n) is 8.91. The maximum atomic E-state index is 14.0. The van der Waals surface area contributed by atoms with Crippen molar-refractivity contribution in [3.8, 4) is 0 Å². The van der Waals surface area contributed by atoms with E-state index >= 15 is 0 Å². The van der Waals surface area contributed by atoms with E-state index in [-0.39, 0.29) is 25.6 Å². The average molecular weight is 396 g/mol. The Morgan fingerprint density at radius 2 is 1.79 bits per heavy atom. The molecule has 0 spiro atoms. The van der Waals surface area contributed by atoms with Crippen molar-refractivity contribution in [1.82, 2.24) is 10.3 Å². The number of carbonyl (C=O) groups is 1. The Morgan fingerprint density at radius 1 is 1.14 bits per heavy atom. The molecular weight excluding hydrogens is 376 g/mol. The molecule has 2 N–H and O–H groups in total. The zero-order chi connectivity index (χ0) is 20.3. The molecule has 0 saturated carbocycles. The summed E-state index contributed by atoms with van der Waals surface area (Å²) in [6, 6.07) is 6.87. The van der Waals surface area contributed by atoms with Crippen LogP contribution in [0, 0.1) is 36.4 Å². The number of halogens is 4. The van der Waals surface area contributed by atoms with Crippen molar-refractivity contribution < 1.29 is 22.4 Å². The number of nitrogens with zero attached hydrogens (tertiary/aromatic N) is 2. The van der Waals surface area contributed by atoms with Crippen molar-refractivity contribution in [1.29, 1.82) is 0 Å². The second kappa shape index (κ2) is 8.45. The van der Waals surface area contributed by atoms with Crippen molar-refractivity contribution in [3.05, 3.63) is 53.4 Å². The molecule has 1 aromatic carbocycles. The molecule has 1 aliphatic rings. The SMILES string of the molecule is Cc1ccc(NC(=O)NCC2CCCN(c3c(F)c(F)nc(F)c3F)C2)cc1. The number of urea groups is 1. The van der Waals surface area contributed by atoms with Crippen LogP contribution in [-0.4, -0.2) is 30.6 Å². The third-order valence-electron chi connectivity index (χ3n) is 4.67. The van der Waals surface area contributed by atoms with E-state index in [0.717, 1.165) is 5.56 Å². The zero-order valence-corrected chi connectivity index (χ0v) is 15.2. The fourth-order valence-electron chi connectivity index (χ4n) is 3.24. The second-order valence-corrected chi connectivity index (χ2v) is 6.83. The lowest BCUT2D eigenvalue weighted by atomic mass is 9.97. The normalized spacial score (nSPS) is 16.8. The summed E-state index contributed by atoms with van der Waals surface area (Å²) < 4.78 is 54.7. The van der Waals surface area contributed by atoms with Gasteiger partial charge in [-0.25, -0.2) is 4.79 Å². The minimum Gasteiger partial charge on any atom is -0.366 e. The average Bonchev–Trinajstić information content (AvgIpc) is 2.67. The summed E-state index contributed by atoms with van der Waals surface area (Å²) in [5, 5.41) is 5.41. The van der Waals surface area contributed by atoms with E-state index in [2.05, 4.69) is 15.6 Å². The number of hydrogen-bond donors (Lipinski definition) is 2. The zero-order valence-electron chi connectivity index (χ0n) is 15.2. The highest BCUT2D eigenvalue weighted by atomic mass is 19.2. The van der Waals surface area contributed by atoms with E-state index in [9.17, 15) is 22.4 Å². The molecule has 1 saturated heterocycles. The van der Waals surface area contributed by atoms with E-state index in [1.54, 1.807) is 12.1 Å². The molecule has 2 heterocycles. The summed E-state index contributed by atoms with van der Waals surface area (Å²) in [4.78, 5) is 15.9. The summed E-state index contributed by atoms with van der Waals surface area (Å²) >= 11 is 0. The molecule has 0 radical (unpaired) electrons. The van der Waals surface area contributed by atoms with Gasteiger partial charge in [0.2, 0.25) is 11.6 Å². The van der Waals surface area contributed by atoms with Gasteiger partial charge in [-0.1, -0.05) is 17.7 Å². The fraction of sp³-hybridized carbons (Fsp3) is 0.368. The van der Waals surface area contributed by atoms with Crippen molar-refractivity contribution in [2.45, 2.75) is 19.8 Å². The molecule has 1 aromatic heterocycles. The number of amides is 2. The molecule has 1 aliphatic heterocycles. The molecule has 28 heavy (non-hydrogen) atoms. The molecule has 1 atom stereocenters. The minimum absolute atomic E-state index is 0.129. The topological polar surface area (TPSA) is 57.3 Å². The Labute approximate surface area is 159 Å². The molecule has 3 rings (SSSR count). The summed E-state index contributed by atoms with van der Waals surface area (Å²) in [5.74, 6) is -6.50. The van der Waals surface area contributed by atoms with Crippen LogP contribution in [0.25, 0.3) is 0 Å². The summed E-state index contributed by atoms with van der Waals surface area (Å²) in [6.07, 6.45) is 1.27. The van der Waals surface area contributed by atoms with E-state index < -0.39 is 35.2 Å². The van der Waals surface area contributed by atoms with E-state index in [1.807, 2.05) is 19.1 Å². The number of nitrogens with one attached hydrogen (secondary N) is 2. The lowest BCUT2D eigenvalue weighted by Gasteiger charge is -2.34. The van der Waals surface area contributed by atoms with Crippen LogP contribution in [0.1, 0.15) is 18.4 Å². The van der Waals surface area contributed by atoms with E-state index in [1.165, 1.54) is 4.90 Å². The third-order valence-corrected chi connectivity index (χ3v) is 4.67. The van der Waals surface area contributed by atoms with Crippen LogP contribution >= 0.6 is 0 Å². The van der Waals surface area contributed by atoms with Gasteiger partial charge in [-0.3, -0.25) is 0 Å². The fourth-order valence-corrected chi connectivity index (χ4v) is 3.24. The molecule has 150 valence electrons. The Hall–Kier alpha value is -2.84. The van der Waals surface area contributed by atoms with Crippen molar-refractivity contribution in [2.75, 3.05) is 29.9 Å². The highest BCUT2D eigenvalue weighted by molar-refractivity contribution is 5.89. The van der Waals surface area contributed by atoms with Gasteiger partial charge < -0.3 is 15.5 Å². The molecular formula is C19H20F4N4O. The molecule has 5 nitrogen and oxygen atoms in total. The van der Waals surface area contributed by atoms with Gasteiger partial charge in [-0.05, 0) is 37.8 Å². The lowest BCUT2D eigenvalue weighted by Crippen LogP contribution is -2.42. The quantitative estimate of drug-likeness (QED) is 0.607. The van der Waals surface area contributed by atoms with Crippen molar-refractivity contribution >= 4 is 17.4 Å². The van der Waals surface area contributed by atoms with Crippen LogP contribution in [0.15, 0.2) is 24.3 Å². The van der Waals surface area contributed by atoms with Crippen LogP contribution in [0.3, 0.4) is 0 Å². The summed E-state index contributed by atoms with van der Waals surface area (Å²) in [7, 11) is 0. The van der Waals surface area contributed by atoms with E-state index in [4.69, 9.17) is 0 Å². The van der Waals surface area contributed by atoms with E-state index in [0.29, 0.717) is 18.5 Å². The van der Waals surface area contributed by atoms with Gasteiger partial charge in [-0.15, -0.1) is 0 Å². The number of pyridine rings is 1. The molecule has 0 bridgehead atoms. The largest absolute Gasteiger partial charge is 0.366 e. The van der Waals surface area contributed by atoms with Gasteiger partial charge in [0.25, 0.3) is 11.9 Å². The molecule has 0 aliphatic carbocycles. The first-order valence-corrected chi connectivity index (χ1v) is 8.91. The lowest BCUT2D eigenvalue weighted by molar-refractivity contribution is 0.249. The van der Waals surface area contributed by atoms with Gasteiger partial charge in [0.1, 0.15) is 5.69 Å². The Kier molecular flexibility index (Phi) is 6.01. The maximum Gasteiger partial charge on any atom is 0.319 e. The highest BCUT2D eigenvalue weighted by Gasteiger charge is 2.29. The Morgan fingerprint density at radius 3 is 2.43 bits per heavy atom. The number of anilines is 2. The van der Waals surface area contributed by atoms with Crippen LogP contribution < -0.4 is 15.5 Å². The molecule has 1 fully saturated rings. The van der Waals surface area contributed by atoms with Crippen molar-refractivity contribution in [2.24, 2.45) is 5.92 Å². The van der Waals surface area contributed by atoms with Crippen LogP contribution in [-0.2, 0) is 0 Å². The van der Waals surface area contributed by atoms with Gasteiger partial charge in [0, 0.05) is 25.3 Å². The predicted octanol–water partition coefficient (Wildman–Crippen LogP) is 3.98. The van der Waals surface area contributed by atoms with Crippen molar-refractivity contribution in [3.63, 3.8) is 0 Å². The number of rotatable bonds is 4. The van der Waals surface area contributed by atoms with Gasteiger partial charge in [0.05, 0.1) is 0 Å². The van der Waals surface area contributed by atoms with Crippen LogP contribution in [0.2, 0.25) is 0 Å². The Bertz CT molecular complexity index is 834. The predicted molar refractivity (Wildman–Crippen MR) is 97.2 cm³/mol. The smallest absolute Gasteiger partial charge is 0.319 e. The number of hydrogen-bond acceptors (Lipinski definition) is 3. The van der Waals surface area contributed by atoms with Gasteiger partial charge >= 0.3 is 6.03 Å². The summed E-state index contributed by atoms with van der Waals surface area (Å²) in [6.45, 7) is 2.60. The number of aryl methyl sites for hydroxylation is 1. The van der Waals surface area contributed by atoms with Gasteiger partial charge in [0.15, 0.2) is 0 Å². The first-order chi connectivity index (χ1) is 13.3. The van der Waals surface area contributed by atoms with Crippen LogP contribution in [0.5, 0.6) is 0 Å². The highest BCUT2D eigenvalue weighted by Crippen LogP contribution is 2.30. The first kappa shape index (κ1) is 19.9. The number of piperidine rings is 1. The minimum atomic E-state index is -1.67. The molecule has 1 unspecified atom stereocenters. The Balaban J connectivity index is 1.60. The molecule has 2 aromatic rings. The molecule has 9 heteroatoms. The standard InChI is InChI=1S/C19H20F4N4O/c1-11-4-6-13(7-5-11)25-19(28)24-9-12-3-2-8-27(10-12)16-14(20)17(22)26-18(23)15(16)21/h4-7,12H,2-3,8-10H2,1H3,(H2,24,25,28). The maximum absolute atomic E-state index is 14.0. The third kappa shape index (κ3) is 4.52.